The molecule has 0 aromatic heterocycles. The van der Waals surface area contributed by atoms with E-state index in [1.165, 1.54) is 366 Å². The van der Waals surface area contributed by atoms with Crippen LogP contribution in [0.15, 0.2) is 60.7 Å². The molecule has 2 unspecified atom stereocenters. The van der Waals surface area contributed by atoms with Gasteiger partial charge in [0.1, 0.15) is 0 Å². The zero-order chi connectivity index (χ0) is 76.1. The van der Waals surface area contributed by atoms with Gasteiger partial charge in [-0.25, -0.2) is 0 Å². The molecular weight excluding hydrogens is 1260 g/mol. The lowest BCUT2D eigenvalue weighted by atomic mass is 9.81. The van der Waals surface area contributed by atoms with Crippen molar-refractivity contribution in [2.24, 2.45) is 35.5 Å². The van der Waals surface area contributed by atoms with Crippen LogP contribution in [-0.2, 0) is 57.8 Å². The van der Waals surface area contributed by atoms with Crippen LogP contribution >= 0.6 is 0 Å². The van der Waals surface area contributed by atoms with Gasteiger partial charge in [0, 0.05) is 0 Å². The number of rotatable bonds is 37. The van der Waals surface area contributed by atoms with Gasteiger partial charge in [0.2, 0.25) is 0 Å². The van der Waals surface area contributed by atoms with E-state index in [1.807, 2.05) is 0 Å². The highest BCUT2D eigenvalue weighted by molar-refractivity contribution is 5.41. The molecule has 0 N–H and O–H groups in total. The molecule has 0 bridgehead atoms. The summed E-state index contributed by atoms with van der Waals surface area (Å²) in [6.07, 6.45) is 71.3. The maximum Gasteiger partial charge on any atom is -0.0248 e. The van der Waals surface area contributed by atoms with E-state index < -0.39 is 0 Å². The van der Waals surface area contributed by atoms with E-state index in [2.05, 4.69) is 185 Å². The third-order valence-corrected chi connectivity index (χ3v) is 26.8. The highest BCUT2D eigenvalue weighted by Gasteiger charge is 2.21. The summed E-state index contributed by atoms with van der Waals surface area (Å²) in [6, 6.07) is 24.6. The molecule has 0 spiro atoms. The third-order valence-electron chi connectivity index (χ3n) is 26.8. The summed E-state index contributed by atoms with van der Waals surface area (Å²) in [4.78, 5) is 0. The van der Waals surface area contributed by atoms with Crippen LogP contribution in [0.5, 0.6) is 0 Å². The second-order valence-electron chi connectivity index (χ2n) is 35.8. The molecule has 0 aliphatic heterocycles. The van der Waals surface area contributed by atoms with Gasteiger partial charge in [-0.3, -0.25) is 0 Å². The van der Waals surface area contributed by atoms with Crippen molar-refractivity contribution < 1.29 is 0 Å². The van der Waals surface area contributed by atoms with Crippen molar-refractivity contribution in [1.29, 1.82) is 0 Å². The predicted molar refractivity (Wildman–Crippen MR) is 472 cm³/mol. The van der Waals surface area contributed by atoms with Gasteiger partial charge in [0.15, 0.2) is 0 Å². The Morgan fingerprint density at radius 3 is 0.829 bits per heavy atom. The first-order valence-electron chi connectivity index (χ1n) is 46.3. The molecule has 0 heterocycles. The lowest BCUT2D eigenvalue weighted by Crippen LogP contribution is -2.12. The van der Waals surface area contributed by atoms with Crippen LogP contribution in [0.25, 0.3) is 0 Å². The molecular formula is C105H172. The average Bonchev–Trinajstić information content (AvgIpc) is 0.855. The Morgan fingerprint density at radius 2 is 0.495 bits per heavy atom. The molecule has 4 saturated carbocycles. The van der Waals surface area contributed by atoms with Gasteiger partial charge in [-0.15, -0.1) is 0 Å². The van der Waals surface area contributed by atoms with Crippen molar-refractivity contribution in [3.63, 3.8) is 0 Å². The topological polar surface area (TPSA) is 0 Å². The first-order valence-corrected chi connectivity index (χ1v) is 46.3. The largest absolute Gasteiger partial charge is 0.0654 e. The Balaban J connectivity index is 0.000000240. The molecule has 5 aromatic carbocycles. The van der Waals surface area contributed by atoms with Crippen molar-refractivity contribution >= 4 is 0 Å². The normalized spacial score (nSPS) is 15.9. The molecule has 0 nitrogen and oxygen atoms in total. The molecule has 0 saturated heterocycles. The van der Waals surface area contributed by atoms with Gasteiger partial charge >= 0.3 is 0 Å². The molecule has 0 amide bonds. The smallest absolute Gasteiger partial charge is 0.0248 e. The molecule has 4 fully saturated rings. The van der Waals surface area contributed by atoms with Gasteiger partial charge in [-0.2, -0.15) is 0 Å². The molecule has 4 aliphatic carbocycles. The molecule has 592 valence electrons. The van der Waals surface area contributed by atoms with E-state index in [0.29, 0.717) is 0 Å². The third kappa shape index (κ3) is 35.8. The minimum atomic E-state index is 0.863. The van der Waals surface area contributed by atoms with E-state index in [1.54, 1.807) is 66.8 Å². The number of aryl methyl sites for hydroxylation is 16. The van der Waals surface area contributed by atoms with E-state index in [0.717, 1.165) is 41.9 Å². The van der Waals surface area contributed by atoms with Crippen molar-refractivity contribution in [2.45, 2.75) is 452 Å². The molecule has 2 atom stereocenters. The van der Waals surface area contributed by atoms with Crippen LogP contribution in [0.2, 0.25) is 0 Å². The van der Waals surface area contributed by atoms with E-state index in [-0.39, 0.29) is 0 Å². The minimum absolute atomic E-state index is 0.863. The number of hydrogen-bond acceptors (Lipinski definition) is 0. The van der Waals surface area contributed by atoms with Gasteiger partial charge in [-0.05, 0) is 306 Å². The second-order valence-corrected chi connectivity index (χ2v) is 35.8. The lowest BCUT2D eigenvalue weighted by molar-refractivity contribution is 0.338. The SMILES string of the molecule is CCCCC(CC)Cc1cc(C)c(CC(CC)CCCC)cc1C.CCCCCCCCc1cc(C)c(CCCCCCCC)cc1C.CCc1cc(C)c(C)cc1C.Cc1cc(CC2CCCCC2)c(C)cc1CC1CCCCC1.Cc1cc(CCC2CCCCC2)c(C)cc1CCC1CCCCC1. The fourth-order valence-corrected chi connectivity index (χ4v) is 18.9. The number of unbranched alkanes of at least 4 members (excludes halogenated alkanes) is 12. The van der Waals surface area contributed by atoms with E-state index >= 15 is 0 Å². The van der Waals surface area contributed by atoms with Crippen LogP contribution in [0.3, 0.4) is 0 Å². The highest BCUT2D eigenvalue weighted by Crippen LogP contribution is 2.35. The molecule has 105 heavy (non-hydrogen) atoms. The van der Waals surface area contributed by atoms with Crippen molar-refractivity contribution in [2.75, 3.05) is 0 Å². The molecule has 5 aromatic rings. The maximum absolute atomic E-state index is 2.53. The molecule has 0 radical (unpaired) electrons. The zero-order valence-electron chi connectivity index (χ0n) is 73.3. The summed E-state index contributed by atoms with van der Waals surface area (Å²) in [7, 11) is 0. The van der Waals surface area contributed by atoms with E-state index in [4.69, 9.17) is 0 Å². The molecule has 9 rings (SSSR count). The fraction of sp³-hybridized carbons (Fsp3) is 0.714. The van der Waals surface area contributed by atoms with Crippen LogP contribution in [0.1, 0.15) is 429 Å². The lowest BCUT2D eigenvalue weighted by Gasteiger charge is -2.25. The Labute approximate surface area is 655 Å². The van der Waals surface area contributed by atoms with Crippen LogP contribution in [0.4, 0.5) is 0 Å². The fourth-order valence-electron chi connectivity index (χ4n) is 18.9. The van der Waals surface area contributed by atoms with Gasteiger partial charge in [0.25, 0.3) is 0 Å². The van der Waals surface area contributed by atoms with E-state index in [9.17, 15) is 0 Å². The highest BCUT2D eigenvalue weighted by atomic mass is 14.3. The summed E-state index contributed by atoms with van der Waals surface area (Å²) in [5, 5.41) is 0. The maximum atomic E-state index is 2.53. The Hall–Kier alpha value is -3.90. The van der Waals surface area contributed by atoms with Crippen LogP contribution in [-0.4, -0.2) is 0 Å². The molecule has 4 aliphatic rings. The van der Waals surface area contributed by atoms with Crippen LogP contribution < -0.4 is 0 Å². The molecule has 0 heteroatoms. The van der Waals surface area contributed by atoms with Gasteiger partial charge in [0.05, 0.1) is 0 Å². The average molecular weight is 1430 g/mol. The number of benzene rings is 5. The Morgan fingerprint density at radius 1 is 0.238 bits per heavy atom. The monoisotopic (exact) mass is 1430 g/mol. The van der Waals surface area contributed by atoms with Crippen molar-refractivity contribution in [3.05, 3.63) is 172 Å². The summed E-state index contributed by atoms with van der Waals surface area (Å²) in [5.74, 6) is 5.64. The zero-order valence-corrected chi connectivity index (χ0v) is 73.3. The second kappa shape index (κ2) is 53.9. The summed E-state index contributed by atoms with van der Waals surface area (Å²) < 4.78 is 0. The summed E-state index contributed by atoms with van der Waals surface area (Å²) in [6.45, 7) is 41.3. The van der Waals surface area contributed by atoms with Gasteiger partial charge < -0.3 is 0 Å². The van der Waals surface area contributed by atoms with Crippen molar-refractivity contribution in [3.8, 4) is 0 Å². The van der Waals surface area contributed by atoms with Crippen molar-refractivity contribution in [1.82, 2.24) is 0 Å². The standard InChI is InChI=1S/C24H38.2C24H42.C22H34.C11H16/c1-19-17-24(16-14-22-11-7-4-8-12-22)20(2)18-23(19)15-13-21-9-5-3-6-10-21;1-7-11-13-21(9-3)17-23-15-20(6)24(16-19(23)5)18-22(10-4)14-12-8-2;1-5-7-9-11-13-15-17-23-19-22(4)24(20-21(23)3)18-16-14-12-10-8-6-2;1-17-13-22(16-20-11-7-4-8-12-20)18(2)14-21(17)15-19-9-5-3-6-10-19;1-5-11-7-9(3)8(2)6-10(11)4/h17-18,21-22H,3-16H2,1-2H3;15-16,21-22H,7-14,17-18H2,1-6H3;19-20H,5-18H2,1-4H3;13-14,19-20H,3-12,15-16H2,1-2H3;6-7H,5H2,1-4H3. The summed E-state index contributed by atoms with van der Waals surface area (Å²) in [5.41, 5.74) is 30.9. The summed E-state index contributed by atoms with van der Waals surface area (Å²) >= 11 is 0. The predicted octanol–water partition coefficient (Wildman–Crippen LogP) is 33.0. The Kier molecular flexibility index (Phi) is 47.0. The van der Waals surface area contributed by atoms with Crippen LogP contribution in [0, 0.1) is 112 Å². The quantitative estimate of drug-likeness (QED) is 0.0348. The Bertz CT molecular complexity index is 2900. The first kappa shape index (κ1) is 91.7. The van der Waals surface area contributed by atoms with Gasteiger partial charge in [-0.1, -0.05) is 353 Å². The number of hydrogen-bond donors (Lipinski definition) is 0. The minimum Gasteiger partial charge on any atom is -0.0654 e. The first-order chi connectivity index (χ1) is 50.8.